The normalized spacial score (nSPS) is 11.3. The standard InChI is InChI=1S/C16H14ClN5/c17-14-9-16(22-15(21-14)6-8-20-22)18-7-5-11-10-19-13-4-2-1-3-12(11)13/h1-4,6,8-10,18-19H,5,7H2. The summed E-state index contributed by atoms with van der Waals surface area (Å²) >= 11 is 6.04. The van der Waals surface area contributed by atoms with E-state index in [1.165, 1.54) is 16.5 Å². The molecule has 110 valence electrons. The predicted octanol–water partition coefficient (Wildman–Crippen LogP) is 3.52. The molecule has 2 N–H and O–H groups in total. The van der Waals surface area contributed by atoms with Crippen molar-refractivity contribution in [3.63, 3.8) is 0 Å². The smallest absolute Gasteiger partial charge is 0.159 e. The highest BCUT2D eigenvalue weighted by molar-refractivity contribution is 6.29. The maximum absolute atomic E-state index is 6.04. The Morgan fingerprint density at radius 1 is 1.23 bits per heavy atom. The monoisotopic (exact) mass is 311 g/mol. The van der Waals surface area contributed by atoms with Crippen LogP contribution in [0.5, 0.6) is 0 Å². The van der Waals surface area contributed by atoms with Crippen molar-refractivity contribution in [3.8, 4) is 0 Å². The molecule has 3 aromatic heterocycles. The molecule has 0 saturated carbocycles. The van der Waals surface area contributed by atoms with E-state index in [4.69, 9.17) is 11.6 Å². The predicted molar refractivity (Wildman–Crippen MR) is 88.5 cm³/mol. The Hall–Kier alpha value is -2.53. The van der Waals surface area contributed by atoms with Crippen molar-refractivity contribution in [3.05, 3.63) is 59.5 Å². The average molecular weight is 312 g/mol. The van der Waals surface area contributed by atoms with Crippen molar-refractivity contribution in [2.45, 2.75) is 6.42 Å². The summed E-state index contributed by atoms with van der Waals surface area (Å²) in [5.74, 6) is 0.847. The van der Waals surface area contributed by atoms with Gasteiger partial charge in [0, 0.05) is 35.8 Å². The van der Waals surface area contributed by atoms with Crippen LogP contribution in [0, 0.1) is 0 Å². The molecule has 0 aliphatic heterocycles. The van der Waals surface area contributed by atoms with E-state index in [1.54, 1.807) is 16.8 Å². The summed E-state index contributed by atoms with van der Waals surface area (Å²) in [7, 11) is 0. The molecular formula is C16H14ClN5. The number of benzene rings is 1. The molecule has 1 aromatic carbocycles. The molecule has 22 heavy (non-hydrogen) atoms. The van der Waals surface area contributed by atoms with E-state index in [0.29, 0.717) is 5.15 Å². The lowest BCUT2D eigenvalue weighted by molar-refractivity contribution is 0.915. The van der Waals surface area contributed by atoms with E-state index in [9.17, 15) is 0 Å². The van der Waals surface area contributed by atoms with Gasteiger partial charge in [-0.15, -0.1) is 0 Å². The van der Waals surface area contributed by atoms with E-state index < -0.39 is 0 Å². The maximum atomic E-state index is 6.04. The molecule has 0 atom stereocenters. The molecule has 0 unspecified atom stereocenters. The van der Waals surface area contributed by atoms with Gasteiger partial charge in [0.05, 0.1) is 6.20 Å². The fourth-order valence-electron chi connectivity index (χ4n) is 2.67. The highest BCUT2D eigenvalue weighted by Crippen LogP contribution is 2.19. The number of rotatable bonds is 4. The third kappa shape index (κ3) is 2.29. The van der Waals surface area contributed by atoms with Crippen LogP contribution < -0.4 is 5.32 Å². The van der Waals surface area contributed by atoms with Crippen LogP contribution in [0.3, 0.4) is 0 Å². The summed E-state index contributed by atoms with van der Waals surface area (Å²) in [6.07, 6.45) is 4.69. The molecule has 0 fully saturated rings. The second-order valence-corrected chi connectivity index (χ2v) is 5.49. The van der Waals surface area contributed by atoms with Gasteiger partial charge in [-0.05, 0) is 18.1 Å². The van der Waals surface area contributed by atoms with Gasteiger partial charge in [-0.1, -0.05) is 29.8 Å². The molecule has 0 amide bonds. The molecule has 0 aliphatic carbocycles. The third-order valence-corrected chi connectivity index (χ3v) is 3.90. The zero-order chi connectivity index (χ0) is 14.9. The Morgan fingerprint density at radius 3 is 3.09 bits per heavy atom. The SMILES string of the molecule is Clc1cc(NCCc2c[nH]c3ccccc23)n2nccc2n1. The largest absolute Gasteiger partial charge is 0.370 e. The zero-order valence-corrected chi connectivity index (χ0v) is 12.5. The minimum Gasteiger partial charge on any atom is -0.370 e. The summed E-state index contributed by atoms with van der Waals surface area (Å²) in [6, 6.07) is 11.9. The fraction of sp³-hybridized carbons (Fsp3) is 0.125. The Labute approximate surface area is 131 Å². The number of para-hydroxylation sites is 1. The number of halogens is 1. The van der Waals surface area contributed by atoms with Crippen LogP contribution in [0.2, 0.25) is 5.15 Å². The molecule has 3 heterocycles. The van der Waals surface area contributed by atoms with Crippen LogP contribution >= 0.6 is 11.6 Å². The van der Waals surface area contributed by atoms with Crippen LogP contribution in [0.15, 0.2) is 48.8 Å². The molecule has 0 radical (unpaired) electrons. The minimum absolute atomic E-state index is 0.461. The first-order valence-electron chi connectivity index (χ1n) is 7.10. The Kier molecular flexibility index (Phi) is 3.20. The number of H-pyrrole nitrogens is 1. The van der Waals surface area contributed by atoms with Gasteiger partial charge < -0.3 is 10.3 Å². The first kappa shape index (κ1) is 13.2. The van der Waals surface area contributed by atoms with Crippen molar-refractivity contribution in [2.24, 2.45) is 0 Å². The lowest BCUT2D eigenvalue weighted by Crippen LogP contribution is -2.09. The molecule has 5 nitrogen and oxygen atoms in total. The van der Waals surface area contributed by atoms with E-state index >= 15 is 0 Å². The number of anilines is 1. The summed E-state index contributed by atoms with van der Waals surface area (Å²) < 4.78 is 1.75. The lowest BCUT2D eigenvalue weighted by Gasteiger charge is -2.08. The van der Waals surface area contributed by atoms with Gasteiger partial charge in [0.15, 0.2) is 5.65 Å². The molecule has 6 heteroatoms. The molecule has 0 aliphatic rings. The highest BCUT2D eigenvalue weighted by Gasteiger charge is 2.06. The molecule has 0 bridgehead atoms. The fourth-order valence-corrected chi connectivity index (χ4v) is 2.86. The van der Waals surface area contributed by atoms with E-state index in [1.807, 2.05) is 12.1 Å². The highest BCUT2D eigenvalue weighted by atomic mass is 35.5. The molecule has 0 saturated heterocycles. The van der Waals surface area contributed by atoms with Gasteiger partial charge in [0.25, 0.3) is 0 Å². The first-order chi connectivity index (χ1) is 10.8. The third-order valence-electron chi connectivity index (χ3n) is 3.70. The number of hydrogen-bond donors (Lipinski definition) is 2. The number of aromatic amines is 1. The molecule has 4 aromatic rings. The molecule has 4 rings (SSSR count). The topological polar surface area (TPSA) is 58.0 Å². The summed E-state index contributed by atoms with van der Waals surface area (Å²) in [5.41, 5.74) is 3.20. The van der Waals surface area contributed by atoms with Gasteiger partial charge in [0.1, 0.15) is 11.0 Å². The van der Waals surface area contributed by atoms with Crippen molar-refractivity contribution in [1.82, 2.24) is 19.6 Å². The molecule has 0 spiro atoms. The van der Waals surface area contributed by atoms with E-state index in [-0.39, 0.29) is 0 Å². The van der Waals surface area contributed by atoms with Gasteiger partial charge in [-0.3, -0.25) is 0 Å². The number of nitrogens with zero attached hydrogens (tertiary/aromatic N) is 3. The van der Waals surface area contributed by atoms with E-state index in [2.05, 4.69) is 44.8 Å². The number of nitrogens with one attached hydrogen (secondary N) is 2. The van der Waals surface area contributed by atoms with Crippen LogP contribution in [-0.2, 0) is 6.42 Å². The van der Waals surface area contributed by atoms with Crippen LogP contribution in [-0.4, -0.2) is 26.1 Å². The van der Waals surface area contributed by atoms with Gasteiger partial charge >= 0.3 is 0 Å². The van der Waals surface area contributed by atoms with Gasteiger partial charge in [0.2, 0.25) is 0 Å². The zero-order valence-electron chi connectivity index (χ0n) is 11.8. The quantitative estimate of drug-likeness (QED) is 0.567. The Morgan fingerprint density at radius 2 is 2.14 bits per heavy atom. The summed E-state index contributed by atoms with van der Waals surface area (Å²) in [4.78, 5) is 7.51. The van der Waals surface area contributed by atoms with E-state index in [0.717, 1.165) is 24.4 Å². The number of hydrogen-bond acceptors (Lipinski definition) is 3. The molecular weight excluding hydrogens is 298 g/mol. The summed E-state index contributed by atoms with van der Waals surface area (Å²) in [6.45, 7) is 0.789. The van der Waals surface area contributed by atoms with Crippen molar-refractivity contribution in [1.29, 1.82) is 0 Å². The second-order valence-electron chi connectivity index (χ2n) is 5.10. The second kappa shape index (κ2) is 5.35. The van der Waals surface area contributed by atoms with Crippen molar-refractivity contribution in [2.75, 3.05) is 11.9 Å². The first-order valence-corrected chi connectivity index (χ1v) is 7.48. The Balaban J connectivity index is 1.54. The summed E-state index contributed by atoms with van der Waals surface area (Å²) in [5, 5.41) is 9.36. The van der Waals surface area contributed by atoms with Gasteiger partial charge in [-0.2, -0.15) is 9.61 Å². The average Bonchev–Trinajstić information content (AvgIpc) is 3.14. The van der Waals surface area contributed by atoms with Crippen molar-refractivity contribution < 1.29 is 0 Å². The minimum atomic E-state index is 0.461. The Bertz CT molecular complexity index is 940. The maximum Gasteiger partial charge on any atom is 0.159 e. The van der Waals surface area contributed by atoms with Crippen molar-refractivity contribution >= 4 is 34.0 Å². The van der Waals surface area contributed by atoms with Crippen LogP contribution in [0.1, 0.15) is 5.56 Å². The lowest BCUT2D eigenvalue weighted by atomic mass is 10.1. The van der Waals surface area contributed by atoms with Crippen LogP contribution in [0.4, 0.5) is 5.82 Å². The number of fused-ring (bicyclic) bond motifs is 2. The van der Waals surface area contributed by atoms with Gasteiger partial charge in [-0.25, -0.2) is 4.98 Å². The van der Waals surface area contributed by atoms with Crippen LogP contribution in [0.25, 0.3) is 16.6 Å². The number of aromatic nitrogens is 4.